The lowest BCUT2D eigenvalue weighted by Gasteiger charge is -2.43. The van der Waals surface area contributed by atoms with E-state index in [1.807, 2.05) is 26.0 Å². The molecule has 6 nitrogen and oxygen atoms in total. The number of ether oxygens (including phenoxy) is 1. The van der Waals surface area contributed by atoms with Crippen LogP contribution in [0, 0.1) is 23.7 Å². The Hall–Kier alpha value is -1.50. The van der Waals surface area contributed by atoms with Gasteiger partial charge in [0.05, 0.1) is 18.1 Å². The molecule has 3 N–H and O–H groups in total. The largest absolute Gasteiger partial charge is 0.461 e. The quantitative estimate of drug-likeness (QED) is 0.507. The van der Waals surface area contributed by atoms with Crippen LogP contribution in [0.2, 0.25) is 0 Å². The van der Waals surface area contributed by atoms with Gasteiger partial charge in [0.2, 0.25) is 0 Å². The van der Waals surface area contributed by atoms with Gasteiger partial charge >= 0.3 is 5.97 Å². The van der Waals surface area contributed by atoms with Crippen molar-refractivity contribution in [3.05, 3.63) is 23.8 Å². The molecule has 0 aromatic heterocycles. The van der Waals surface area contributed by atoms with Crippen LogP contribution in [-0.2, 0) is 14.3 Å². The lowest BCUT2D eigenvalue weighted by molar-refractivity contribution is -0.159. The molecule has 29 heavy (non-hydrogen) atoms. The topological polar surface area (TPSA) is 104 Å². The van der Waals surface area contributed by atoms with E-state index in [-0.39, 0.29) is 41.8 Å². The summed E-state index contributed by atoms with van der Waals surface area (Å²) in [7, 11) is 0. The number of fused-ring (bicyclic) bond motifs is 1. The van der Waals surface area contributed by atoms with Gasteiger partial charge in [0, 0.05) is 18.8 Å². The van der Waals surface area contributed by atoms with Crippen molar-refractivity contribution < 1.29 is 29.6 Å². The van der Waals surface area contributed by atoms with Gasteiger partial charge in [-0.2, -0.15) is 0 Å². The first-order valence-electron chi connectivity index (χ1n) is 10.8. The zero-order valence-corrected chi connectivity index (χ0v) is 18.0. The second kappa shape index (κ2) is 10.5. The fourth-order valence-corrected chi connectivity index (χ4v) is 4.35. The number of carbonyl (C=O) groups is 2. The highest BCUT2D eigenvalue weighted by molar-refractivity contribution is 5.80. The van der Waals surface area contributed by atoms with Gasteiger partial charge in [-0.3, -0.25) is 9.59 Å². The van der Waals surface area contributed by atoms with Crippen molar-refractivity contribution in [3.63, 3.8) is 0 Å². The molecule has 0 saturated heterocycles. The molecular weight excluding hydrogens is 372 g/mol. The van der Waals surface area contributed by atoms with E-state index in [2.05, 4.69) is 13.0 Å². The highest BCUT2D eigenvalue weighted by atomic mass is 16.5. The zero-order valence-electron chi connectivity index (χ0n) is 18.0. The van der Waals surface area contributed by atoms with E-state index in [1.54, 1.807) is 0 Å². The molecule has 0 spiro atoms. The molecule has 0 amide bonds. The molecule has 1 unspecified atom stereocenters. The van der Waals surface area contributed by atoms with Crippen LogP contribution >= 0.6 is 0 Å². The van der Waals surface area contributed by atoms with Gasteiger partial charge in [-0.05, 0) is 43.6 Å². The van der Waals surface area contributed by atoms with Gasteiger partial charge in [-0.1, -0.05) is 39.0 Å². The second-order valence-corrected chi connectivity index (χ2v) is 8.76. The van der Waals surface area contributed by atoms with Crippen LogP contribution in [0.3, 0.4) is 0 Å². The van der Waals surface area contributed by atoms with Crippen LogP contribution in [0.4, 0.5) is 0 Å². The molecule has 0 saturated carbocycles. The Morgan fingerprint density at radius 2 is 2.00 bits per heavy atom. The molecule has 164 valence electrons. The number of hydrogen-bond acceptors (Lipinski definition) is 6. The minimum absolute atomic E-state index is 0.0312. The van der Waals surface area contributed by atoms with Gasteiger partial charge in [-0.15, -0.1) is 0 Å². The first-order valence-corrected chi connectivity index (χ1v) is 10.8. The Balaban J connectivity index is 2.13. The maximum Gasteiger partial charge on any atom is 0.308 e. The summed E-state index contributed by atoms with van der Waals surface area (Å²) in [5.41, 5.74) is 0.979. The Morgan fingerprint density at radius 1 is 1.31 bits per heavy atom. The van der Waals surface area contributed by atoms with E-state index in [0.29, 0.717) is 25.7 Å². The van der Waals surface area contributed by atoms with Crippen LogP contribution in [0.1, 0.15) is 59.8 Å². The van der Waals surface area contributed by atoms with Crippen molar-refractivity contribution in [2.75, 3.05) is 0 Å². The third-order valence-electron chi connectivity index (χ3n) is 6.45. The molecule has 0 fully saturated rings. The summed E-state index contributed by atoms with van der Waals surface area (Å²) in [5, 5.41) is 30.2. The Morgan fingerprint density at radius 3 is 2.62 bits per heavy atom. The molecule has 8 atom stereocenters. The first kappa shape index (κ1) is 23.8. The lowest BCUT2D eigenvalue weighted by Crippen LogP contribution is -2.43. The van der Waals surface area contributed by atoms with E-state index in [9.17, 15) is 24.9 Å². The third kappa shape index (κ3) is 6.24. The number of allylic oxidation sites excluding steroid dienone is 2. The fraction of sp³-hybridized carbons (Fsp3) is 0.739. The van der Waals surface area contributed by atoms with Crippen LogP contribution in [0.25, 0.3) is 0 Å². The number of aliphatic hydroxyl groups is 3. The smallest absolute Gasteiger partial charge is 0.308 e. The average Bonchev–Trinajstić information content (AvgIpc) is 2.66. The average molecular weight is 409 g/mol. The summed E-state index contributed by atoms with van der Waals surface area (Å²) in [5.74, 6) is -0.444. The number of hydrogen-bond donors (Lipinski definition) is 3. The molecule has 6 heteroatoms. The molecule has 0 aliphatic heterocycles. The highest BCUT2D eigenvalue weighted by Gasteiger charge is 2.42. The number of rotatable bonds is 9. The summed E-state index contributed by atoms with van der Waals surface area (Å²) in [4.78, 5) is 23.7. The van der Waals surface area contributed by atoms with E-state index < -0.39 is 24.4 Å². The second-order valence-electron chi connectivity index (χ2n) is 8.76. The van der Waals surface area contributed by atoms with Crippen molar-refractivity contribution in [1.82, 2.24) is 0 Å². The normalized spacial score (nSPS) is 32.0. The molecule has 0 aromatic rings. The standard InChI is InChI=1S/C23H36O6/c1-5-13(2)23(28)29-21-12-18(26)10-16-7-6-14(3)19(22(16)21)9-8-17(25)11-20(27)15(4)24/h6-7,10,13-14,17-22,25-27H,5,8-9,11-12H2,1-4H3/t13?,14-,17+,18+,19-,20+,21-,22-/m0/s1. The first-order chi connectivity index (χ1) is 13.6. The summed E-state index contributed by atoms with van der Waals surface area (Å²) in [6, 6.07) is 0. The summed E-state index contributed by atoms with van der Waals surface area (Å²) < 4.78 is 5.84. The van der Waals surface area contributed by atoms with Crippen molar-refractivity contribution in [2.45, 2.75) is 84.2 Å². The molecule has 2 rings (SSSR count). The Bertz CT molecular complexity index is 639. The van der Waals surface area contributed by atoms with Gasteiger partial charge in [0.15, 0.2) is 5.78 Å². The number of ketones is 1. The van der Waals surface area contributed by atoms with Crippen LogP contribution < -0.4 is 0 Å². The predicted molar refractivity (Wildman–Crippen MR) is 110 cm³/mol. The fourth-order valence-electron chi connectivity index (χ4n) is 4.35. The zero-order chi connectivity index (χ0) is 21.7. The van der Waals surface area contributed by atoms with Crippen LogP contribution in [0.15, 0.2) is 23.8 Å². The molecule has 0 heterocycles. The van der Waals surface area contributed by atoms with Crippen molar-refractivity contribution in [3.8, 4) is 0 Å². The van der Waals surface area contributed by atoms with Crippen LogP contribution in [-0.4, -0.2) is 51.5 Å². The van der Waals surface area contributed by atoms with Gasteiger partial charge in [0.1, 0.15) is 12.2 Å². The van der Waals surface area contributed by atoms with E-state index in [1.165, 1.54) is 6.92 Å². The molecule has 2 aliphatic carbocycles. The number of esters is 1. The number of Topliss-reactive ketones (excluding diaryl/α,β-unsaturated/α-hetero) is 1. The Labute approximate surface area is 173 Å². The van der Waals surface area contributed by atoms with Crippen molar-refractivity contribution in [2.24, 2.45) is 23.7 Å². The predicted octanol–water partition coefficient (Wildman–Crippen LogP) is 2.55. The number of carbonyl (C=O) groups excluding carboxylic acids is 2. The molecular formula is C23H36O6. The van der Waals surface area contributed by atoms with Gasteiger partial charge in [-0.25, -0.2) is 0 Å². The van der Waals surface area contributed by atoms with E-state index in [0.717, 1.165) is 5.57 Å². The molecule has 0 aromatic carbocycles. The van der Waals surface area contributed by atoms with E-state index >= 15 is 0 Å². The minimum Gasteiger partial charge on any atom is -0.461 e. The van der Waals surface area contributed by atoms with Gasteiger partial charge in [0.25, 0.3) is 0 Å². The maximum atomic E-state index is 12.4. The molecule has 0 bridgehead atoms. The summed E-state index contributed by atoms with van der Waals surface area (Å²) in [6.07, 6.45) is 5.21. The highest BCUT2D eigenvalue weighted by Crippen LogP contribution is 2.44. The van der Waals surface area contributed by atoms with E-state index in [4.69, 9.17) is 4.74 Å². The maximum absolute atomic E-state index is 12.4. The SMILES string of the molecule is CCC(C)C(=O)O[C@H]1C[C@H](O)C=C2C=C[C@H](C)[C@H](CC[C@@H](O)C[C@@H](O)C(C)=O)[C@H]21. The molecule has 0 radical (unpaired) electrons. The van der Waals surface area contributed by atoms with Crippen LogP contribution in [0.5, 0.6) is 0 Å². The summed E-state index contributed by atoms with van der Waals surface area (Å²) >= 11 is 0. The Kier molecular flexibility index (Phi) is 8.61. The number of aliphatic hydroxyl groups excluding tert-OH is 3. The summed E-state index contributed by atoms with van der Waals surface area (Å²) in [6.45, 7) is 7.20. The van der Waals surface area contributed by atoms with Crippen molar-refractivity contribution in [1.29, 1.82) is 0 Å². The minimum atomic E-state index is -1.14. The van der Waals surface area contributed by atoms with Crippen molar-refractivity contribution >= 4 is 11.8 Å². The monoisotopic (exact) mass is 408 g/mol. The lowest BCUT2D eigenvalue weighted by atomic mass is 9.66. The van der Waals surface area contributed by atoms with Gasteiger partial charge < -0.3 is 20.1 Å². The third-order valence-corrected chi connectivity index (χ3v) is 6.45. The molecule has 2 aliphatic rings.